The number of nitrogens with zero attached hydrogens (tertiary/aromatic N) is 2. The number of nitrogens with one attached hydrogen (secondary N) is 1. The number of hydrogen-bond acceptors (Lipinski definition) is 4. The van der Waals surface area contributed by atoms with Gasteiger partial charge in [-0.2, -0.15) is 13.2 Å². The van der Waals surface area contributed by atoms with E-state index in [4.69, 9.17) is 4.65 Å². The smallest absolute Gasteiger partial charge is 0.531 e. The lowest BCUT2D eigenvalue weighted by molar-refractivity contribution is -0.186. The fourth-order valence-corrected chi connectivity index (χ4v) is 3.69. The molecule has 0 saturated carbocycles. The maximum Gasteiger partial charge on any atom is 0.552 e. The zero-order valence-electron chi connectivity index (χ0n) is 13.6. The van der Waals surface area contributed by atoms with E-state index in [1.807, 2.05) is 6.07 Å². The molecule has 2 aromatic heterocycles. The van der Waals surface area contributed by atoms with Crippen LogP contribution in [0.4, 0.5) is 13.2 Å². The van der Waals surface area contributed by atoms with Gasteiger partial charge in [0.2, 0.25) is 0 Å². The fourth-order valence-electron chi connectivity index (χ4n) is 3.69. The Morgan fingerprint density at radius 2 is 2.12 bits per heavy atom. The lowest BCUT2D eigenvalue weighted by atomic mass is 9.74. The summed E-state index contributed by atoms with van der Waals surface area (Å²) in [5.41, 5.74) is 2.28. The summed E-state index contributed by atoms with van der Waals surface area (Å²) < 4.78 is 43.3. The molecule has 4 rings (SSSR count). The molecule has 1 saturated heterocycles. The first kappa shape index (κ1) is 17.0. The molecule has 1 amide bonds. The lowest BCUT2D eigenvalue weighted by Gasteiger charge is -2.35. The Morgan fingerprint density at radius 1 is 1.38 bits per heavy atom. The number of hydrogen-bond donors (Lipinski definition) is 2. The molecule has 1 fully saturated rings. The highest BCUT2D eigenvalue weighted by Crippen LogP contribution is 2.42. The van der Waals surface area contributed by atoms with Gasteiger partial charge in [0.25, 0.3) is 0 Å². The number of rotatable bonds is 1. The SMILES string of the molecule is O=C(N1CCC(C2=CB(O)Oc3cnc4[nH]ccc4c32)CC1)C(F)(F)F. The minimum absolute atomic E-state index is 0.0218. The summed E-state index contributed by atoms with van der Waals surface area (Å²) in [4.78, 5) is 19.5. The number of H-pyrrole nitrogens is 1. The second kappa shape index (κ2) is 6.05. The van der Waals surface area contributed by atoms with Crippen LogP contribution in [0.2, 0.25) is 0 Å². The highest BCUT2D eigenvalue weighted by Gasteiger charge is 2.44. The van der Waals surface area contributed by atoms with Crippen LogP contribution in [0.1, 0.15) is 18.4 Å². The van der Waals surface area contributed by atoms with Gasteiger partial charge in [-0.1, -0.05) is 0 Å². The van der Waals surface area contributed by atoms with Crippen molar-refractivity contribution < 1.29 is 27.6 Å². The summed E-state index contributed by atoms with van der Waals surface area (Å²) in [6.45, 7) is 0.0436. The van der Waals surface area contributed by atoms with Gasteiger partial charge in [0.05, 0.1) is 6.20 Å². The van der Waals surface area contributed by atoms with Crippen LogP contribution in [0.25, 0.3) is 16.6 Å². The zero-order chi connectivity index (χ0) is 18.5. The van der Waals surface area contributed by atoms with E-state index in [0.29, 0.717) is 24.2 Å². The summed E-state index contributed by atoms with van der Waals surface area (Å²) in [5.74, 6) is 0.149. The van der Waals surface area contributed by atoms with Gasteiger partial charge in [-0.25, -0.2) is 4.98 Å². The fraction of sp³-hybridized carbons (Fsp3) is 0.375. The minimum atomic E-state index is -4.85. The molecule has 0 spiro atoms. The van der Waals surface area contributed by atoms with Crippen molar-refractivity contribution in [2.75, 3.05) is 13.1 Å². The predicted molar refractivity (Wildman–Crippen MR) is 88.0 cm³/mol. The highest BCUT2D eigenvalue weighted by atomic mass is 19.4. The topological polar surface area (TPSA) is 78.5 Å². The van der Waals surface area contributed by atoms with Crippen molar-refractivity contribution in [1.82, 2.24) is 14.9 Å². The molecule has 2 aromatic rings. The Morgan fingerprint density at radius 3 is 2.81 bits per heavy atom. The van der Waals surface area contributed by atoms with Crippen molar-refractivity contribution in [1.29, 1.82) is 0 Å². The summed E-state index contributed by atoms with van der Waals surface area (Å²) in [6.07, 6.45) is -0.823. The van der Waals surface area contributed by atoms with Crippen molar-refractivity contribution in [3.63, 3.8) is 0 Å². The molecule has 10 heteroatoms. The molecule has 0 atom stereocenters. The van der Waals surface area contributed by atoms with Crippen LogP contribution in [0.3, 0.4) is 0 Å². The van der Waals surface area contributed by atoms with Crippen LogP contribution in [-0.2, 0) is 4.79 Å². The average Bonchev–Trinajstić information content (AvgIpc) is 3.08. The maximum absolute atomic E-state index is 12.6. The number of allylic oxidation sites excluding steroid dienone is 1. The number of amides is 1. The molecule has 0 radical (unpaired) electrons. The van der Waals surface area contributed by atoms with E-state index in [0.717, 1.165) is 21.4 Å². The normalized spacial score (nSPS) is 18.5. The molecule has 136 valence electrons. The molecule has 2 aliphatic rings. The van der Waals surface area contributed by atoms with Crippen molar-refractivity contribution in [3.05, 3.63) is 30.0 Å². The molecule has 26 heavy (non-hydrogen) atoms. The number of alkyl halides is 3. The van der Waals surface area contributed by atoms with Crippen LogP contribution >= 0.6 is 0 Å². The van der Waals surface area contributed by atoms with E-state index >= 15 is 0 Å². The van der Waals surface area contributed by atoms with E-state index in [1.54, 1.807) is 12.2 Å². The van der Waals surface area contributed by atoms with E-state index in [-0.39, 0.29) is 19.0 Å². The van der Waals surface area contributed by atoms with Crippen LogP contribution in [-0.4, -0.2) is 52.2 Å². The number of carbonyl (C=O) groups is 1. The molecule has 2 aliphatic heterocycles. The lowest BCUT2D eigenvalue weighted by Crippen LogP contribution is -2.45. The van der Waals surface area contributed by atoms with Crippen molar-refractivity contribution >= 4 is 29.6 Å². The molecular weight excluding hydrogens is 350 g/mol. The van der Waals surface area contributed by atoms with E-state index in [2.05, 4.69) is 9.97 Å². The highest BCUT2D eigenvalue weighted by molar-refractivity contribution is 6.52. The Balaban J connectivity index is 1.61. The second-order valence-electron chi connectivity index (χ2n) is 6.43. The molecule has 2 N–H and O–H groups in total. The van der Waals surface area contributed by atoms with Gasteiger partial charge >= 0.3 is 19.2 Å². The number of aromatic amines is 1. The van der Waals surface area contributed by atoms with E-state index in [9.17, 15) is 23.0 Å². The van der Waals surface area contributed by atoms with Crippen molar-refractivity contribution in [2.45, 2.75) is 19.0 Å². The zero-order valence-corrected chi connectivity index (χ0v) is 13.6. The number of aromatic nitrogens is 2. The van der Waals surface area contributed by atoms with Crippen molar-refractivity contribution in [2.24, 2.45) is 5.92 Å². The van der Waals surface area contributed by atoms with Crippen molar-refractivity contribution in [3.8, 4) is 5.75 Å². The number of pyridine rings is 1. The monoisotopic (exact) mass is 365 g/mol. The predicted octanol–water partition coefficient (Wildman–Crippen LogP) is 2.16. The molecule has 0 unspecified atom stereocenters. The largest absolute Gasteiger partial charge is 0.552 e. The van der Waals surface area contributed by atoms with Gasteiger partial charge in [-0.15, -0.1) is 0 Å². The first-order chi connectivity index (χ1) is 12.3. The van der Waals surface area contributed by atoms with Gasteiger partial charge in [-0.3, -0.25) is 4.79 Å². The number of carbonyl (C=O) groups excluding carboxylic acids is 1. The van der Waals surface area contributed by atoms with Crippen LogP contribution in [0.15, 0.2) is 24.4 Å². The average molecular weight is 365 g/mol. The quantitative estimate of drug-likeness (QED) is 0.760. The minimum Gasteiger partial charge on any atom is -0.531 e. The molecule has 0 bridgehead atoms. The van der Waals surface area contributed by atoms with Crippen LogP contribution in [0, 0.1) is 5.92 Å². The third kappa shape index (κ3) is 2.84. The standard InChI is InChI=1S/C16H15BF3N3O3/c18-16(19,20)15(24)23-5-2-9(3-6-23)11-7-17(25)26-12-8-22-14-10(13(11)12)1-4-21-14/h1,4,7-9,25H,2-3,5-6H2,(H,21,22). The first-order valence-electron chi connectivity index (χ1n) is 8.23. The summed E-state index contributed by atoms with van der Waals surface area (Å²) >= 11 is 0. The van der Waals surface area contributed by atoms with Gasteiger partial charge < -0.3 is 19.6 Å². The van der Waals surface area contributed by atoms with Gasteiger partial charge in [-0.05, 0) is 36.4 Å². The first-order valence-corrected chi connectivity index (χ1v) is 8.23. The number of piperidine rings is 1. The van der Waals surface area contributed by atoms with E-state index < -0.39 is 19.2 Å². The molecule has 6 nitrogen and oxygen atoms in total. The van der Waals surface area contributed by atoms with Gasteiger partial charge in [0, 0.05) is 30.2 Å². The number of halogens is 3. The molecule has 4 heterocycles. The Labute approximate surface area is 146 Å². The molecule has 0 aliphatic carbocycles. The number of fused-ring (bicyclic) bond motifs is 3. The summed E-state index contributed by atoms with van der Waals surface area (Å²) in [5, 5.41) is 10.8. The second-order valence-corrected chi connectivity index (χ2v) is 6.43. The maximum atomic E-state index is 12.6. The molecule has 0 aromatic carbocycles. The summed E-state index contributed by atoms with van der Waals surface area (Å²) in [7, 11) is -1.13. The number of likely N-dealkylation sites (tertiary alicyclic amines) is 1. The summed E-state index contributed by atoms with van der Waals surface area (Å²) in [6, 6.07) is 1.85. The van der Waals surface area contributed by atoms with Gasteiger partial charge in [0.1, 0.15) is 11.4 Å². The Hall–Kier alpha value is -2.49. The third-order valence-electron chi connectivity index (χ3n) is 4.87. The Bertz CT molecular complexity index is 888. The molecular formula is C16H15BF3N3O3. The van der Waals surface area contributed by atoms with Gasteiger partial charge in [0.15, 0.2) is 0 Å². The van der Waals surface area contributed by atoms with Crippen LogP contribution in [0.5, 0.6) is 5.75 Å². The third-order valence-corrected chi connectivity index (χ3v) is 4.87. The Kier molecular flexibility index (Phi) is 3.94. The van der Waals surface area contributed by atoms with E-state index in [1.165, 1.54) is 6.20 Å². The van der Waals surface area contributed by atoms with Crippen LogP contribution < -0.4 is 4.65 Å².